The molecule has 0 spiro atoms. The monoisotopic (exact) mass is 363 g/mol. The minimum absolute atomic E-state index is 0. The van der Waals surface area contributed by atoms with E-state index in [2.05, 4.69) is 20.2 Å². The van der Waals surface area contributed by atoms with Crippen molar-refractivity contribution in [3.8, 4) is 10.6 Å². The summed E-state index contributed by atoms with van der Waals surface area (Å²) in [6.07, 6.45) is 3.33. The zero-order valence-corrected chi connectivity index (χ0v) is 13.4. The first kappa shape index (κ1) is 17.8. The average Bonchev–Trinajstić information content (AvgIpc) is 2.97. The number of amides is 1. The van der Waals surface area contributed by atoms with Crippen LogP contribution < -0.4 is 10.5 Å². The lowest BCUT2D eigenvalue weighted by Gasteiger charge is -2.13. The Labute approximate surface area is 147 Å². The van der Waals surface area contributed by atoms with Gasteiger partial charge in [-0.3, -0.25) is 19.5 Å². The molecule has 1 amide bonds. The molecule has 3 rings (SSSR count). The number of nitrogens with one attached hydrogen (secondary N) is 1. The molecule has 0 unspecified atom stereocenters. The molecule has 0 bridgehead atoms. The van der Waals surface area contributed by atoms with Gasteiger partial charge in [0.05, 0.1) is 0 Å². The highest BCUT2D eigenvalue weighted by Gasteiger charge is 2.21. The first-order valence-electron chi connectivity index (χ1n) is 6.47. The summed E-state index contributed by atoms with van der Waals surface area (Å²) in [5, 5.41) is 7.31. The van der Waals surface area contributed by atoms with E-state index in [9.17, 15) is 9.59 Å². The molecule has 0 aromatic carbocycles. The fourth-order valence-corrected chi connectivity index (χ4v) is 3.13. The molecule has 3 heterocycles. The summed E-state index contributed by atoms with van der Waals surface area (Å²) in [5.41, 5.74) is 0.548. The maximum absolute atomic E-state index is 12.4. The Morgan fingerprint density at radius 1 is 1.33 bits per heavy atom. The van der Waals surface area contributed by atoms with Gasteiger partial charge in [-0.2, -0.15) is 5.10 Å². The van der Waals surface area contributed by atoms with Crippen LogP contribution in [0.5, 0.6) is 0 Å². The van der Waals surface area contributed by atoms with Crippen LogP contribution in [0.3, 0.4) is 0 Å². The Morgan fingerprint density at radius 3 is 2.75 bits per heavy atom. The lowest BCUT2D eigenvalue weighted by atomic mass is 10.3. The number of thiazole rings is 1. The Hall–Kier alpha value is -2.58. The molecule has 24 heavy (non-hydrogen) atoms. The summed E-state index contributed by atoms with van der Waals surface area (Å²) in [5.74, 6) is -0.399. The van der Waals surface area contributed by atoms with E-state index < -0.39 is 5.91 Å². The van der Waals surface area contributed by atoms with Crippen molar-refractivity contribution in [2.75, 3.05) is 11.9 Å². The van der Waals surface area contributed by atoms with E-state index in [1.165, 1.54) is 28.4 Å². The van der Waals surface area contributed by atoms with Crippen molar-refractivity contribution in [2.45, 2.75) is 7.43 Å². The Bertz CT molecular complexity index is 889. The summed E-state index contributed by atoms with van der Waals surface area (Å²) in [4.78, 5) is 33.1. The van der Waals surface area contributed by atoms with Crippen molar-refractivity contribution in [1.82, 2.24) is 20.2 Å². The minimum atomic E-state index is -0.399. The van der Waals surface area contributed by atoms with Gasteiger partial charge in [0, 0.05) is 31.1 Å². The quantitative estimate of drug-likeness (QED) is 0.772. The SMILES string of the molecule is C.CN(C(=O)c1ccc(=O)[nH]n1)c1sc(-c2cccnc2)nc1Cl. The molecule has 0 aliphatic heterocycles. The number of aromatic amines is 1. The highest BCUT2D eigenvalue weighted by Crippen LogP contribution is 2.37. The van der Waals surface area contributed by atoms with E-state index in [0.29, 0.717) is 10.0 Å². The predicted molar refractivity (Wildman–Crippen MR) is 94.7 cm³/mol. The number of carbonyl (C=O) groups excluding carboxylic acids is 1. The van der Waals surface area contributed by atoms with Crippen LogP contribution in [0, 0.1) is 0 Å². The van der Waals surface area contributed by atoms with Crippen LogP contribution in [0.2, 0.25) is 5.15 Å². The van der Waals surface area contributed by atoms with Crippen molar-refractivity contribution in [3.05, 3.63) is 57.9 Å². The molecule has 124 valence electrons. The summed E-state index contributed by atoms with van der Waals surface area (Å²) >= 11 is 7.42. The maximum atomic E-state index is 12.4. The van der Waals surface area contributed by atoms with Gasteiger partial charge in [-0.15, -0.1) is 0 Å². The summed E-state index contributed by atoms with van der Waals surface area (Å²) in [6, 6.07) is 6.25. The third-order valence-corrected chi connectivity index (χ3v) is 4.54. The minimum Gasteiger partial charge on any atom is -0.299 e. The Balaban J connectivity index is 0.00000208. The number of rotatable bonds is 3. The number of hydrogen-bond donors (Lipinski definition) is 1. The van der Waals surface area contributed by atoms with Gasteiger partial charge >= 0.3 is 0 Å². The van der Waals surface area contributed by atoms with Crippen LogP contribution >= 0.6 is 22.9 Å². The zero-order valence-electron chi connectivity index (χ0n) is 11.9. The van der Waals surface area contributed by atoms with Gasteiger partial charge in [0.25, 0.3) is 11.5 Å². The van der Waals surface area contributed by atoms with E-state index in [-0.39, 0.29) is 23.8 Å². The summed E-state index contributed by atoms with van der Waals surface area (Å²) in [7, 11) is 1.57. The topological polar surface area (TPSA) is 91.8 Å². The number of pyridine rings is 1. The lowest BCUT2D eigenvalue weighted by Crippen LogP contribution is -2.27. The first-order valence-corrected chi connectivity index (χ1v) is 7.66. The van der Waals surface area contributed by atoms with Crippen LogP contribution in [-0.4, -0.2) is 33.1 Å². The number of H-pyrrole nitrogens is 1. The van der Waals surface area contributed by atoms with Gasteiger partial charge in [-0.25, -0.2) is 10.1 Å². The van der Waals surface area contributed by atoms with E-state index in [1.807, 2.05) is 6.07 Å². The molecular weight excluding hydrogens is 350 g/mol. The van der Waals surface area contributed by atoms with E-state index >= 15 is 0 Å². The largest absolute Gasteiger partial charge is 0.299 e. The fourth-order valence-electron chi connectivity index (χ4n) is 1.84. The van der Waals surface area contributed by atoms with Gasteiger partial charge < -0.3 is 0 Å². The Kier molecular flexibility index (Phi) is 5.42. The standard InChI is InChI=1S/C14H10ClN5O2S.CH4/c1-20(13(22)9-4-5-10(21)19-18-9)14-11(15)17-12(23-14)8-3-2-6-16-7-8;/h2-7H,1H3,(H,19,21);1H4. The smallest absolute Gasteiger partial charge is 0.279 e. The molecule has 0 atom stereocenters. The number of anilines is 1. The predicted octanol–water partition coefficient (Wildman–Crippen LogP) is 2.85. The molecule has 3 aromatic heterocycles. The number of aromatic nitrogens is 4. The maximum Gasteiger partial charge on any atom is 0.279 e. The molecular formula is C15H14ClN5O2S. The van der Waals surface area contributed by atoms with Gasteiger partial charge in [-0.1, -0.05) is 30.4 Å². The molecule has 0 aliphatic rings. The highest BCUT2D eigenvalue weighted by molar-refractivity contribution is 7.19. The molecule has 9 heteroatoms. The second-order valence-corrected chi connectivity index (χ2v) is 5.86. The van der Waals surface area contributed by atoms with Crippen molar-refractivity contribution in [2.24, 2.45) is 0 Å². The van der Waals surface area contributed by atoms with Crippen molar-refractivity contribution in [1.29, 1.82) is 0 Å². The van der Waals surface area contributed by atoms with Gasteiger partial charge in [-0.05, 0) is 18.2 Å². The molecule has 7 nitrogen and oxygen atoms in total. The second kappa shape index (κ2) is 7.33. The first-order chi connectivity index (χ1) is 11.1. The van der Waals surface area contributed by atoms with Crippen LogP contribution in [0.25, 0.3) is 10.6 Å². The number of hydrogen-bond acceptors (Lipinski definition) is 6. The highest BCUT2D eigenvalue weighted by atomic mass is 35.5. The van der Waals surface area contributed by atoms with E-state index in [0.717, 1.165) is 5.56 Å². The van der Waals surface area contributed by atoms with Gasteiger partial charge in [0.2, 0.25) is 0 Å². The molecule has 0 radical (unpaired) electrons. The van der Waals surface area contributed by atoms with Crippen LogP contribution in [-0.2, 0) is 0 Å². The number of carbonyl (C=O) groups is 1. The zero-order chi connectivity index (χ0) is 16.4. The fraction of sp³-hybridized carbons (Fsp3) is 0.133. The van der Waals surface area contributed by atoms with Crippen LogP contribution in [0.1, 0.15) is 17.9 Å². The number of halogens is 1. The van der Waals surface area contributed by atoms with E-state index in [4.69, 9.17) is 11.6 Å². The average molecular weight is 364 g/mol. The molecule has 1 N–H and O–H groups in total. The second-order valence-electron chi connectivity index (χ2n) is 4.53. The third kappa shape index (κ3) is 3.50. The number of nitrogens with zero attached hydrogens (tertiary/aromatic N) is 4. The van der Waals surface area contributed by atoms with E-state index in [1.54, 1.807) is 25.5 Å². The summed E-state index contributed by atoms with van der Waals surface area (Å²) in [6.45, 7) is 0. The summed E-state index contributed by atoms with van der Waals surface area (Å²) < 4.78 is 0. The van der Waals surface area contributed by atoms with Crippen molar-refractivity contribution in [3.63, 3.8) is 0 Å². The molecule has 0 saturated heterocycles. The van der Waals surface area contributed by atoms with Crippen molar-refractivity contribution < 1.29 is 4.79 Å². The molecule has 0 saturated carbocycles. The molecule has 0 aliphatic carbocycles. The lowest BCUT2D eigenvalue weighted by molar-refractivity contribution is 0.0987. The Morgan fingerprint density at radius 2 is 2.12 bits per heavy atom. The molecule has 3 aromatic rings. The third-order valence-electron chi connectivity index (χ3n) is 2.99. The van der Waals surface area contributed by atoms with Gasteiger partial charge in [0.15, 0.2) is 5.15 Å². The normalized spacial score (nSPS) is 10.1. The molecule has 0 fully saturated rings. The van der Waals surface area contributed by atoms with Crippen LogP contribution in [0.4, 0.5) is 5.00 Å². The van der Waals surface area contributed by atoms with Gasteiger partial charge in [0.1, 0.15) is 15.7 Å². The van der Waals surface area contributed by atoms with Crippen molar-refractivity contribution >= 4 is 33.8 Å². The van der Waals surface area contributed by atoms with Crippen LogP contribution in [0.15, 0.2) is 41.5 Å².